The fourth-order valence-corrected chi connectivity index (χ4v) is 1.69. The van der Waals surface area contributed by atoms with Crippen molar-refractivity contribution < 1.29 is 15.0 Å². The molecular weight excluding hydrogens is 258 g/mol. The number of aromatic carboxylic acids is 1. The van der Waals surface area contributed by atoms with Crippen LogP contribution in [0.25, 0.3) is 10.9 Å². The van der Waals surface area contributed by atoms with Gasteiger partial charge in [-0.15, -0.1) is 11.6 Å². The minimum Gasteiger partial charge on any atom is -0.476 e. The van der Waals surface area contributed by atoms with Gasteiger partial charge < -0.3 is 15.5 Å². The zero-order valence-corrected chi connectivity index (χ0v) is 10.1. The molecule has 0 saturated heterocycles. The van der Waals surface area contributed by atoms with Crippen LogP contribution < -0.4 is 5.32 Å². The summed E-state index contributed by atoms with van der Waals surface area (Å²) in [5, 5.41) is 28.2. The van der Waals surface area contributed by atoms with Crippen LogP contribution in [0.2, 0.25) is 0 Å². The Balaban J connectivity index is 2.25. The highest BCUT2D eigenvalue weighted by Gasteiger charge is 2.13. The van der Waals surface area contributed by atoms with E-state index in [0.29, 0.717) is 23.1 Å². The monoisotopic (exact) mass is 269 g/mol. The van der Waals surface area contributed by atoms with Gasteiger partial charge in [0, 0.05) is 17.6 Å². The molecule has 2 aromatic rings. The van der Waals surface area contributed by atoms with Gasteiger partial charge in [-0.2, -0.15) is 5.10 Å². The molecule has 7 heteroatoms. The molecule has 1 heterocycles. The highest BCUT2D eigenvalue weighted by atomic mass is 35.5. The molecule has 1 unspecified atom stereocenters. The van der Waals surface area contributed by atoms with Crippen molar-refractivity contribution in [1.29, 1.82) is 0 Å². The third kappa shape index (κ3) is 2.55. The minimum atomic E-state index is -1.08. The number of rotatable bonds is 5. The van der Waals surface area contributed by atoms with Crippen LogP contribution in [0.3, 0.4) is 0 Å². The highest BCUT2D eigenvalue weighted by Crippen LogP contribution is 2.20. The summed E-state index contributed by atoms with van der Waals surface area (Å²) in [6.07, 6.45) is -0.648. The lowest BCUT2D eigenvalue weighted by Crippen LogP contribution is -2.20. The number of hydrogen-bond donors (Lipinski definition) is 4. The van der Waals surface area contributed by atoms with Crippen LogP contribution in [0.15, 0.2) is 18.2 Å². The van der Waals surface area contributed by atoms with Gasteiger partial charge >= 0.3 is 5.97 Å². The Bertz CT molecular complexity index is 570. The molecule has 1 aromatic heterocycles. The molecule has 96 valence electrons. The SMILES string of the molecule is O=C(O)c1n[nH]c2ccc(NCC(O)CCl)cc12. The third-order valence-electron chi connectivity index (χ3n) is 2.49. The molecule has 0 aliphatic rings. The van der Waals surface area contributed by atoms with E-state index in [4.69, 9.17) is 16.7 Å². The van der Waals surface area contributed by atoms with Crippen LogP contribution in [-0.2, 0) is 0 Å². The Morgan fingerprint density at radius 1 is 1.56 bits per heavy atom. The second-order valence-electron chi connectivity index (χ2n) is 3.83. The quantitative estimate of drug-likeness (QED) is 0.613. The van der Waals surface area contributed by atoms with Crippen LogP contribution >= 0.6 is 11.6 Å². The normalized spacial score (nSPS) is 12.6. The first kappa shape index (κ1) is 12.7. The van der Waals surface area contributed by atoms with Crippen molar-refractivity contribution in [3.05, 3.63) is 23.9 Å². The van der Waals surface area contributed by atoms with E-state index in [0.717, 1.165) is 0 Å². The summed E-state index contributed by atoms with van der Waals surface area (Å²) in [7, 11) is 0. The van der Waals surface area contributed by atoms with Crippen LogP contribution in [0, 0.1) is 0 Å². The molecule has 0 fully saturated rings. The number of H-pyrrole nitrogens is 1. The summed E-state index contributed by atoms with van der Waals surface area (Å²) in [4.78, 5) is 10.9. The molecule has 0 amide bonds. The smallest absolute Gasteiger partial charge is 0.357 e. The molecule has 4 N–H and O–H groups in total. The van der Waals surface area contributed by atoms with E-state index in [9.17, 15) is 9.90 Å². The van der Waals surface area contributed by atoms with E-state index in [1.54, 1.807) is 18.2 Å². The second kappa shape index (κ2) is 5.24. The lowest BCUT2D eigenvalue weighted by molar-refractivity contribution is 0.0692. The third-order valence-corrected chi connectivity index (χ3v) is 2.84. The number of hydrogen-bond acceptors (Lipinski definition) is 4. The van der Waals surface area contributed by atoms with E-state index in [2.05, 4.69) is 15.5 Å². The first-order valence-corrected chi connectivity index (χ1v) is 5.84. The maximum atomic E-state index is 10.9. The number of aliphatic hydroxyl groups excluding tert-OH is 1. The van der Waals surface area contributed by atoms with Crippen LogP contribution in [-0.4, -0.2) is 44.9 Å². The number of anilines is 1. The number of alkyl halides is 1. The Morgan fingerprint density at radius 3 is 3.00 bits per heavy atom. The molecule has 0 aliphatic heterocycles. The lowest BCUT2D eigenvalue weighted by Gasteiger charge is -2.09. The molecule has 1 atom stereocenters. The van der Waals surface area contributed by atoms with Crippen molar-refractivity contribution in [2.75, 3.05) is 17.7 Å². The average molecular weight is 270 g/mol. The number of aliphatic hydroxyl groups is 1. The predicted octanol–water partition coefficient (Wildman–Crippen LogP) is 1.27. The Kier molecular flexibility index (Phi) is 3.69. The average Bonchev–Trinajstić information content (AvgIpc) is 2.78. The van der Waals surface area contributed by atoms with E-state index < -0.39 is 12.1 Å². The van der Waals surface area contributed by atoms with Gasteiger partial charge in [-0.1, -0.05) is 0 Å². The summed E-state index contributed by atoms with van der Waals surface area (Å²) in [5.41, 5.74) is 1.33. The van der Waals surface area contributed by atoms with Gasteiger partial charge in [0.25, 0.3) is 0 Å². The van der Waals surface area contributed by atoms with Gasteiger partial charge in [-0.05, 0) is 18.2 Å². The maximum Gasteiger partial charge on any atom is 0.357 e. The van der Waals surface area contributed by atoms with Gasteiger partial charge in [0.2, 0.25) is 0 Å². The summed E-state index contributed by atoms with van der Waals surface area (Å²) in [6.45, 7) is 0.301. The number of nitrogens with zero attached hydrogens (tertiary/aromatic N) is 1. The first-order chi connectivity index (χ1) is 8.61. The second-order valence-corrected chi connectivity index (χ2v) is 4.14. The van der Waals surface area contributed by atoms with E-state index in [-0.39, 0.29) is 11.6 Å². The zero-order chi connectivity index (χ0) is 13.1. The molecule has 0 saturated carbocycles. The van der Waals surface area contributed by atoms with Gasteiger partial charge in [0.15, 0.2) is 5.69 Å². The summed E-state index contributed by atoms with van der Waals surface area (Å²) < 4.78 is 0. The van der Waals surface area contributed by atoms with Crippen molar-refractivity contribution in [1.82, 2.24) is 10.2 Å². The van der Waals surface area contributed by atoms with Gasteiger partial charge in [-0.25, -0.2) is 4.79 Å². The summed E-state index contributed by atoms with van der Waals surface area (Å²) in [6, 6.07) is 5.17. The van der Waals surface area contributed by atoms with Crippen molar-refractivity contribution in [3.63, 3.8) is 0 Å². The lowest BCUT2D eigenvalue weighted by atomic mass is 10.2. The van der Waals surface area contributed by atoms with E-state index in [1.807, 2.05) is 0 Å². The molecule has 0 spiro atoms. The predicted molar refractivity (Wildman–Crippen MR) is 68.3 cm³/mol. The number of halogens is 1. The van der Waals surface area contributed by atoms with Crippen LogP contribution in [0.5, 0.6) is 0 Å². The molecule has 0 bridgehead atoms. The fourth-order valence-electron chi connectivity index (χ4n) is 1.58. The number of benzene rings is 1. The standard InChI is InChI=1S/C11H12ClN3O3/c12-4-7(16)5-13-6-1-2-9-8(3-6)10(11(17)18)15-14-9/h1-3,7,13,16H,4-5H2,(H,14,15)(H,17,18). The molecule has 0 aliphatic carbocycles. The Morgan fingerprint density at radius 2 is 2.33 bits per heavy atom. The minimum absolute atomic E-state index is 0.0217. The molecule has 1 aromatic carbocycles. The summed E-state index contributed by atoms with van der Waals surface area (Å²) in [5.74, 6) is -0.944. The number of fused-ring (bicyclic) bond motifs is 1. The molecule has 0 radical (unpaired) electrons. The number of nitrogens with one attached hydrogen (secondary N) is 2. The fraction of sp³-hybridized carbons (Fsp3) is 0.273. The number of aromatic amines is 1. The van der Waals surface area contributed by atoms with Crippen molar-refractivity contribution >= 4 is 34.2 Å². The zero-order valence-electron chi connectivity index (χ0n) is 9.35. The van der Waals surface area contributed by atoms with Gasteiger partial charge in [0.05, 0.1) is 17.5 Å². The van der Waals surface area contributed by atoms with Gasteiger partial charge in [0.1, 0.15) is 0 Å². The molecule has 18 heavy (non-hydrogen) atoms. The van der Waals surface area contributed by atoms with Crippen molar-refractivity contribution in [2.45, 2.75) is 6.10 Å². The van der Waals surface area contributed by atoms with Crippen molar-refractivity contribution in [2.24, 2.45) is 0 Å². The van der Waals surface area contributed by atoms with E-state index >= 15 is 0 Å². The number of carboxylic acids is 1. The highest BCUT2D eigenvalue weighted by molar-refractivity contribution is 6.18. The largest absolute Gasteiger partial charge is 0.476 e. The first-order valence-electron chi connectivity index (χ1n) is 5.31. The van der Waals surface area contributed by atoms with E-state index in [1.165, 1.54) is 0 Å². The van der Waals surface area contributed by atoms with Crippen LogP contribution in [0.1, 0.15) is 10.5 Å². The topological polar surface area (TPSA) is 98.2 Å². The Hall–Kier alpha value is -1.79. The summed E-state index contributed by atoms with van der Waals surface area (Å²) >= 11 is 5.48. The Labute approximate surface area is 108 Å². The molecule has 2 rings (SSSR count). The molecular formula is C11H12ClN3O3. The number of carboxylic acid groups (broad SMARTS) is 1. The van der Waals surface area contributed by atoms with Crippen LogP contribution in [0.4, 0.5) is 5.69 Å². The number of carbonyl (C=O) groups is 1. The number of aromatic nitrogens is 2. The molecule has 6 nitrogen and oxygen atoms in total. The maximum absolute atomic E-state index is 10.9. The van der Waals surface area contributed by atoms with Gasteiger partial charge in [-0.3, -0.25) is 5.10 Å². The van der Waals surface area contributed by atoms with Crippen molar-refractivity contribution in [3.8, 4) is 0 Å².